The van der Waals surface area contributed by atoms with Crippen LogP contribution in [0.3, 0.4) is 0 Å². The second kappa shape index (κ2) is 8.04. The van der Waals surface area contributed by atoms with Crippen molar-refractivity contribution < 1.29 is 28.5 Å². The number of nitrogens with zero attached hydrogens (tertiary/aromatic N) is 2. The molecule has 5 rings (SSSR count). The lowest BCUT2D eigenvalue weighted by Crippen LogP contribution is -2.61. The lowest BCUT2D eigenvalue weighted by molar-refractivity contribution is -0.204. The first-order valence-electron chi connectivity index (χ1n) is 12.3. The molecule has 3 saturated heterocycles. The molecule has 0 radical (unpaired) electrons. The van der Waals surface area contributed by atoms with Crippen molar-refractivity contribution in [3.05, 3.63) is 0 Å². The van der Waals surface area contributed by atoms with Gasteiger partial charge in [0, 0.05) is 46.6 Å². The monoisotopic (exact) mass is 466 g/mol. The largest absolute Gasteiger partial charge is 0.378 e. The molecule has 0 N–H and O–H groups in total. The first-order chi connectivity index (χ1) is 15.2. The van der Waals surface area contributed by atoms with E-state index in [1.165, 1.54) is 4.90 Å². The minimum atomic E-state index is -1.22. The Morgan fingerprint density at radius 1 is 1.00 bits per heavy atom. The zero-order chi connectivity index (χ0) is 22.6. The number of hydrogen-bond acceptors (Lipinski definition) is 6. The van der Waals surface area contributed by atoms with Crippen molar-refractivity contribution in [3.8, 4) is 0 Å². The zero-order valence-electron chi connectivity index (χ0n) is 19.8. The fourth-order valence-corrected chi connectivity index (χ4v) is 7.06. The second-order valence-corrected chi connectivity index (χ2v) is 17.4. The number of hydrogen-bond donors (Lipinski definition) is 0. The van der Waals surface area contributed by atoms with E-state index in [0.717, 1.165) is 44.6 Å². The zero-order valence-corrected chi connectivity index (χ0v) is 20.8. The molecule has 3 heterocycles. The summed E-state index contributed by atoms with van der Waals surface area (Å²) >= 11 is 0. The Labute approximate surface area is 191 Å². The quantitative estimate of drug-likeness (QED) is 0.340. The van der Waals surface area contributed by atoms with Crippen LogP contribution >= 0.6 is 0 Å². The maximum Gasteiger partial charge on any atom is 0.329 e. The van der Waals surface area contributed by atoms with Gasteiger partial charge in [-0.15, -0.1) is 0 Å². The number of urea groups is 1. The van der Waals surface area contributed by atoms with Crippen molar-refractivity contribution in [2.45, 2.75) is 88.0 Å². The van der Waals surface area contributed by atoms with Gasteiger partial charge in [-0.25, -0.2) is 9.69 Å². The molecular weight excluding hydrogens is 428 g/mol. The van der Waals surface area contributed by atoms with Crippen molar-refractivity contribution in [2.24, 2.45) is 5.41 Å². The van der Waals surface area contributed by atoms with Gasteiger partial charge in [-0.3, -0.25) is 4.79 Å². The Morgan fingerprint density at radius 2 is 1.69 bits per heavy atom. The van der Waals surface area contributed by atoms with Crippen molar-refractivity contribution >= 4 is 20.0 Å². The summed E-state index contributed by atoms with van der Waals surface area (Å²) in [5.41, 5.74) is -0.588. The van der Waals surface area contributed by atoms with Gasteiger partial charge < -0.3 is 23.8 Å². The number of carbonyl (C=O) groups is 2. The Bertz CT molecular complexity index is 738. The van der Waals surface area contributed by atoms with Gasteiger partial charge in [0.25, 0.3) is 5.91 Å². The third-order valence-electron chi connectivity index (χ3n) is 8.35. The van der Waals surface area contributed by atoms with Crippen LogP contribution in [0.15, 0.2) is 0 Å². The highest BCUT2D eigenvalue weighted by Crippen LogP contribution is 2.58. The van der Waals surface area contributed by atoms with E-state index in [2.05, 4.69) is 19.6 Å². The van der Waals surface area contributed by atoms with Gasteiger partial charge in [-0.2, -0.15) is 0 Å². The molecule has 0 bridgehead atoms. The summed E-state index contributed by atoms with van der Waals surface area (Å²) in [7, 11) is -1.22. The molecule has 0 aromatic carbocycles. The van der Waals surface area contributed by atoms with Crippen LogP contribution in [0.25, 0.3) is 0 Å². The molecule has 3 spiro atoms. The summed E-state index contributed by atoms with van der Waals surface area (Å²) in [5.74, 6) is -0.496. The summed E-state index contributed by atoms with van der Waals surface area (Å²) < 4.78 is 23.2. The fraction of sp³-hybridized carbons (Fsp3) is 0.913. The third-order valence-corrected chi connectivity index (χ3v) is 10.1. The Morgan fingerprint density at radius 3 is 2.28 bits per heavy atom. The molecule has 2 aliphatic carbocycles. The van der Waals surface area contributed by atoms with E-state index in [1.807, 2.05) is 4.90 Å². The number of amides is 3. The summed E-state index contributed by atoms with van der Waals surface area (Å²) in [6.07, 6.45) is 6.47. The number of ether oxygens (including phenoxy) is 4. The summed E-state index contributed by atoms with van der Waals surface area (Å²) in [6, 6.07) is 0.920. The summed E-state index contributed by atoms with van der Waals surface area (Å²) in [5, 5.41) is 0. The van der Waals surface area contributed by atoms with Gasteiger partial charge in [0.2, 0.25) is 0 Å². The van der Waals surface area contributed by atoms with E-state index in [4.69, 9.17) is 18.9 Å². The molecule has 32 heavy (non-hydrogen) atoms. The highest BCUT2D eigenvalue weighted by molar-refractivity contribution is 6.76. The predicted octanol–water partition coefficient (Wildman–Crippen LogP) is 3.19. The standard InChI is InChI=1S/C23H38N2O6Si/c1-32(2,3)13-12-29-17-24-19(26)22(8-9-28-16-22)25(20(24)27)18-14-21(15-18)4-6-23(7-5-21)30-10-11-31-23/h18H,4-17H2,1-3H3. The molecule has 5 fully saturated rings. The van der Waals surface area contributed by atoms with Crippen LogP contribution in [-0.4, -0.2) is 86.9 Å². The molecule has 8 nitrogen and oxygen atoms in total. The highest BCUT2D eigenvalue weighted by Gasteiger charge is 2.64. The Balaban J connectivity index is 1.23. The molecule has 3 amide bonds. The minimum Gasteiger partial charge on any atom is -0.378 e. The van der Waals surface area contributed by atoms with Crippen LogP contribution in [0, 0.1) is 5.41 Å². The maximum absolute atomic E-state index is 13.4. The molecule has 3 aliphatic heterocycles. The van der Waals surface area contributed by atoms with Crippen LogP contribution in [0.4, 0.5) is 4.79 Å². The van der Waals surface area contributed by atoms with E-state index in [9.17, 15) is 9.59 Å². The normalized spacial score (nSPS) is 32.1. The van der Waals surface area contributed by atoms with Crippen LogP contribution in [0.5, 0.6) is 0 Å². The van der Waals surface area contributed by atoms with Crippen LogP contribution in [-0.2, 0) is 23.7 Å². The second-order valence-electron chi connectivity index (χ2n) is 11.7. The van der Waals surface area contributed by atoms with Crippen molar-refractivity contribution in [3.63, 3.8) is 0 Å². The van der Waals surface area contributed by atoms with Crippen molar-refractivity contribution in [2.75, 3.05) is 39.8 Å². The smallest absolute Gasteiger partial charge is 0.329 e. The number of carbonyl (C=O) groups excluding carboxylic acids is 2. The number of rotatable bonds is 6. The third kappa shape index (κ3) is 3.83. The molecule has 0 aromatic heterocycles. The first-order valence-corrected chi connectivity index (χ1v) is 16.0. The van der Waals surface area contributed by atoms with E-state index in [-0.39, 0.29) is 35.9 Å². The highest BCUT2D eigenvalue weighted by atomic mass is 28.3. The minimum absolute atomic E-state index is 0.0510. The Kier molecular flexibility index (Phi) is 5.72. The fourth-order valence-electron chi connectivity index (χ4n) is 6.30. The van der Waals surface area contributed by atoms with Crippen molar-refractivity contribution in [1.82, 2.24) is 9.80 Å². The van der Waals surface area contributed by atoms with Gasteiger partial charge in [0.15, 0.2) is 5.79 Å². The molecular formula is C23H38N2O6Si. The molecule has 9 heteroatoms. The van der Waals surface area contributed by atoms with Crippen LogP contribution in [0.2, 0.25) is 25.7 Å². The van der Waals surface area contributed by atoms with Crippen LogP contribution in [0.1, 0.15) is 44.9 Å². The summed E-state index contributed by atoms with van der Waals surface area (Å²) in [4.78, 5) is 30.1. The van der Waals surface area contributed by atoms with E-state index < -0.39 is 13.6 Å². The molecule has 5 aliphatic rings. The average Bonchev–Trinajstić information content (AvgIpc) is 3.42. The van der Waals surface area contributed by atoms with E-state index >= 15 is 0 Å². The molecule has 180 valence electrons. The molecule has 1 unspecified atom stereocenters. The molecule has 1 atom stereocenters. The first kappa shape index (κ1) is 22.8. The SMILES string of the molecule is C[Si](C)(C)CCOCN1C(=O)N(C2CC3(CCC4(CC3)OCCO4)C2)C2(CCOC2)C1=O. The Hall–Kier alpha value is -1.00. The molecule has 0 aromatic rings. The van der Waals surface area contributed by atoms with Gasteiger partial charge in [-0.1, -0.05) is 19.6 Å². The predicted molar refractivity (Wildman–Crippen MR) is 120 cm³/mol. The molecule has 2 saturated carbocycles. The summed E-state index contributed by atoms with van der Waals surface area (Å²) in [6.45, 7) is 9.73. The van der Waals surface area contributed by atoms with Crippen LogP contribution < -0.4 is 0 Å². The average molecular weight is 467 g/mol. The lowest BCUT2D eigenvalue weighted by Gasteiger charge is -2.56. The lowest BCUT2D eigenvalue weighted by atomic mass is 9.56. The van der Waals surface area contributed by atoms with Gasteiger partial charge >= 0.3 is 6.03 Å². The van der Waals surface area contributed by atoms with Crippen molar-refractivity contribution in [1.29, 1.82) is 0 Å². The van der Waals surface area contributed by atoms with E-state index in [1.54, 1.807) is 0 Å². The van der Waals surface area contributed by atoms with Gasteiger partial charge in [0.1, 0.15) is 12.3 Å². The van der Waals surface area contributed by atoms with Gasteiger partial charge in [-0.05, 0) is 37.1 Å². The van der Waals surface area contributed by atoms with E-state index in [0.29, 0.717) is 39.5 Å². The topological polar surface area (TPSA) is 77.5 Å². The van der Waals surface area contributed by atoms with Gasteiger partial charge in [0.05, 0.1) is 19.8 Å². The number of imide groups is 1. The maximum atomic E-state index is 13.4.